The first-order valence-electron chi connectivity index (χ1n) is 6.06. The van der Waals surface area contributed by atoms with Gasteiger partial charge in [-0.25, -0.2) is 4.79 Å². The summed E-state index contributed by atoms with van der Waals surface area (Å²) in [7, 11) is 1.51. The Hall–Kier alpha value is -2.07. The van der Waals surface area contributed by atoms with Gasteiger partial charge in [0, 0.05) is 0 Å². The Morgan fingerprint density at radius 2 is 1.90 bits per heavy atom. The lowest BCUT2D eigenvalue weighted by atomic mass is 10.0. The average Bonchev–Trinajstić information content (AvgIpc) is 2.74. The van der Waals surface area contributed by atoms with E-state index >= 15 is 0 Å². The highest BCUT2D eigenvalue weighted by Gasteiger charge is 2.29. The van der Waals surface area contributed by atoms with E-state index in [1.165, 1.54) is 7.11 Å². The number of halogens is 1. The van der Waals surface area contributed by atoms with Crippen molar-refractivity contribution in [2.75, 3.05) is 7.11 Å². The van der Waals surface area contributed by atoms with Crippen molar-refractivity contribution in [1.82, 2.24) is 0 Å². The fourth-order valence-electron chi connectivity index (χ4n) is 2.19. The molecule has 2 aromatic carbocycles. The smallest absolute Gasteiger partial charge is 0.354 e. The SMILES string of the molecule is COC1=C(Br)C(=O)O/C1=C\c1cccc2ccccc12. The molecule has 1 aliphatic rings. The molecule has 0 fully saturated rings. The van der Waals surface area contributed by atoms with Crippen molar-refractivity contribution in [2.24, 2.45) is 0 Å². The summed E-state index contributed by atoms with van der Waals surface area (Å²) >= 11 is 3.17. The Labute approximate surface area is 124 Å². The maximum Gasteiger partial charge on any atom is 0.354 e. The lowest BCUT2D eigenvalue weighted by Gasteiger charge is -2.05. The number of hydrogen-bond acceptors (Lipinski definition) is 3. The number of methoxy groups -OCH3 is 1. The van der Waals surface area contributed by atoms with Crippen LogP contribution in [0.15, 0.2) is 58.5 Å². The standard InChI is InChI=1S/C16H11BrO3/c1-19-15-13(20-16(18)14(15)17)9-11-7-4-6-10-5-2-3-8-12(10)11/h2-9H,1H3/b13-9-. The van der Waals surface area contributed by atoms with Gasteiger partial charge >= 0.3 is 5.97 Å². The fourth-order valence-corrected chi connectivity index (χ4v) is 2.63. The maximum atomic E-state index is 11.6. The number of cyclic esters (lactones) is 1. The van der Waals surface area contributed by atoms with Crippen molar-refractivity contribution < 1.29 is 14.3 Å². The van der Waals surface area contributed by atoms with Gasteiger partial charge in [0.1, 0.15) is 4.48 Å². The normalized spacial score (nSPS) is 16.9. The molecular weight excluding hydrogens is 320 g/mol. The van der Waals surface area contributed by atoms with Crippen molar-refractivity contribution in [3.05, 3.63) is 64.0 Å². The molecule has 3 rings (SSSR count). The summed E-state index contributed by atoms with van der Waals surface area (Å²) in [6.45, 7) is 0. The number of benzene rings is 2. The zero-order chi connectivity index (χ0) is 14.1. The van der Waals surface area contributed by atoms with Gasteiger partial charge in [-0.2, -0.15) is 0 Å². The summed E-state index contributed by atoms with van der Waals surface area (Å²) < 4.78 is 10.7. The van der Waals surface area contributed by atoms with E-state index in [0.29, 0.717) is 16.0 Å². The number of carbonyl (C=O) groups is 1. The van der Waals surface area contributed by atoms with E-state index in [4.69, 9.17) is 9.47 Å². The zero-order valence-corrected chi connectivity index (χ0v) is 12.3. The molecule has 0 N–H and O–H groups in total. The molecule has 0 aromatic heterocycles. The highest BCUT2D eigenvalue weighted by molar-refractivity contribution is 9.12. The maximum absolute atomic E-state index is 11.6. The highest BCUT2D eigenvalue weighted by atomic mass is 79.9. The van der Waals surface area contributed by atoms with E-state index < -0.39 is 5.97 Å². The topological polar surface area (TPSA) is 35.5 Å². The summed E-state index contributed by atoms with van der Waals surface area (Å²) in [4.78, 5) is 11.6. The molecule has 0 atom stereocenters. The first-order chi connectivity index (χ1) is 9.70. The number of esters is 1. The van der Waals surface area contributed by atoms with Crippen molar-refractivity contribution in [3.63, 3.8) is 0 Å². The van der Waals surface area contributed by atoms with Gasteiger partial charge in [0.25, 0.3) is 0 Å². The van der Waals surface area contributed by atoms with Crippen LogP contribution in [0, 0.1) is 0 Å². The first-order valence-corrected chi connectivity index (χ1v) is 6.86. The Bertz CT molecular complexity index is 754. The van der Waals surface area contributed by atoms with Crippen LogP contribution >= 0.6 is 15.9 Å². The van der Waals surface area contributed by atoms with E-state index in [-0.39, 0.29) is 0 Å². The molecule has 0 unspecified atom stereocenters. The molecular formula is C16H11BrO3. The Morgan fingerprint density at radius 1 is 1.15 bits per heavy atom. The molecule has 1 aliphatic heterocycles. The van der Waals surface area contributed by atoms with Crippen LogP contribution in [-0.2, 0) is 14.3 Å². The minimum absolute atomic E-state index is 0.312. The third-order valence-electron chi connectivity index (χ3n) is 3.12. The number of hydrogen-bond donors (Lipinski definition) is 0. The van der Waals surface area contributed by atoms with Crippen LogP contribution in [0.3, 0.4) is 0 Å². The van der Waals surface area contributed by atoms with Gasteiger partial charge in [-0.15, -0.1) is 0 Å². The van der Waals surface area contributed by atoms with Crippen LogP contribution in [0.1, 0.15) is 5.56 Å². The molecule has 3 nitrogen and oxygen atoms in total. The quantitative estimate of drug-likeness (QED) is 0.781. The molecule has 1 heterocycles. The molecule has 100 valence electrons. The van der Waals surface area contributed by atoms with Gasteiger partial charge in [0.15, 0.2) is 11.5 Å². The molecule has 20 heavy (non-hydrogen) atoms. The minimum atomic E-state index is -0.437. The lowest BCUT2D eigenvalue weighted by Crippen LogP contribution is -1.93. The van der Waals surface area contributed by atoms with Crippen LogP contribution in [-0.4, -0.2) is 13.1 Å². The van der Waals surface area contributed by atoms with Crippen LogP contribution in [0.5, 0.6) is 0 Å². The van der Waals surface area contributed by atoms with Gasteiger partial charge in [-0.05, 0) is 38.3 Å². The fraction of sp³-hybridized carbons (Fsp3) is 0.0625. The van der Waals surface area contributed by atoms with E-state index in [1.54, 1.807) is 0 Å². The molecule has 0 spiro atoms. The summed E-state index contributed by atoms with van der Waals surface area (Å²) in [6, 6.07) is 14.0. The van der Waals surface area contributed by atoms with Crippen LogP contribution in [0.4, 0.5) is 0 Å². The van der Waals surface area contributed by atoms with Gasteiger partial charge in [-0.3, -0.25) is 0 Å². The molecule has 0 saturated carbocycles. The minimum Gasteiger partial charge on any atom is -0.491 e. The van der Waals surface area contributed by atoms with E-state index in [1.807, 2.05) is 48.5 Å². The van der Waals surface area contributed by atoms with Crippen LogP contribution in [0.25, 0.3) is 16.8 Å². The van der Waals surface area contributed by atoms with Gasteiger partial charge in [0.05, 0.1) is 7.11 Å². The second-order valence-electron chi connectivity index (χ2n) is 4.31. The third-order valence-corrected chi connectivity index (χ3v) is 3.80. The van der Waals surface area contributed by atoms with Crippen molar-refractivity contribution in [1.29, 1.82) is 0 Å². The van der Waals surface area contributed by atoms with E-state index in [0.717, 1.165) is 16.3 Å². The Morgan fingerprint density at radius 3 is 2.70 bits per heavy atom. The number of rotatable bonds is 2. The highest BCUT2D eigenvalue weighted by Crippen LogP contribution is 2.32. The van der Waals surface area contributed by atoms with Crippen LogP contribution < -0.4 is 0 Å². The number of fused-ring (bicyclic) bond motifs is 1. The zero-order valence-electron chi connectivity index (χ0n) is 10.7. The predicted octanol–water partition coefficient (Wildman–Crippen LogP) is 3.99. The molecule has 0 radical (unpaired) electrons. The Balaban J connectivity index is 2.14. The predicted molar refractivity (Wildman–Crippen MR) is 81.0 cm³/mol. The third kappa shape index (κ3) is 2.12. The van der Waals surface area contributed by atoms with E-state index in [2.05, 4.69) is 15.9 Å². The van der Waals surface area contributed by atoms with Gasteiger partial charge in [-0.1, -0.05) is 42.5 Å². The van der Waals surface area contributed by atoms with Crippen molar-refractivity contribution in [3.8, 4) is 0 Å². The van der Waals surface area contributed by atoms with Crippen LogP contribution in [0.2, 0.25) is 0 Å². The molecule has 2 aromatic rings. The Kier molecular flexibility index (Phi) is 3.32. The summed E-state index contributed by atoms with van der Waals surface area (Å²) in [5.41, 5.74) is 0.975. The first kappa shape index (κ1) is 12.9. The lowest BCUT2D eigenvalue weighted by molar-refractivity contribution is -0.132. The number of carbonyl (C=O) groups excluding carboxylic acids is 1. The van der Waals surface area contributed by atoms with Crippen molar-refractivity contribution >= 4 is 38.7 Å². The molecule has 0 aliphatic carbocycles. The second-order valence-corrected chi connectivity index (χ2v) is 5.11. The van der Waals surface area contributed by atoms with Gasteiger partial charge in [0.2, 0.25) is 0 Å². The van der Waals surface area contributed by atoms with Gasteiger partial charge < -0.3 is 9.47 Å². The summed E-state index contributed by atoms with van der Waals surface area (Å²) in [5.74, 6) is 0.400. The molecule has 0 saturated heterocycles. The summed E-state index contributed by atoms with van der Waals surface area (Å²) in [6.07, 6.45) is 1.81. The second kappa shape index (κ2) is 5.13. The summed E-state index contributed by atoms with van der Waals surface area (Å²) in [5, 5.41) is 2.23. The average molecular weight is 331 g/mol. The molecule has 4 heteroatoms. The van der Waals surface area contributed by atoms with Crippen molar-refractivity contribution in [2.45, 2.75) is 0 Å². The largest absolute Gasteiger partial charge is 0.491 e. The van der Waals surface area contributed by atoms with E-state index in [9.17, 15) is 4.79 Å². The monoisotopic (exact) mass is 330 g/mol. The number of ether oxygens (including phenoxy) is 2. The molecule has 0 amide bonds. The molecule has 0 bridgehead atoms.